The SMILES string of the molecule is CCN(CCCNC(=O)c1noc2c1CSc1ccccc1-2)c1cccc(C)c1. The van der Waals surface area contributed by atoms with E-state index < -0.39 is 0 Å². The fourth-order valence-corrected chi connectivity index (χ4v) is 4.67. The molecule has 1 amide bonds. The number of aromatic nitrogens is 1. The number of nitrogens with one attached hydrogen (secondary N) is 1. The quantitative estimate of drug-likeness (QED) is 0.565. The molecular formula is C23H25N3O2S. The third-order valence-corrected chi connectivity index (χ3v) is 6.25. The number of amides is 1. The summed E-state index contributed by atoms with van der Waals surface area (Å²) >= 11 is 1.71. The van der Waals surface area contributed by atoms with Crippen molar-refractivity contribution in [3.05, 3.63) is 65.4 Å². The minimum absolute atomic E-state index is 0.159. The van der Waals surface area contributed by atoms with Crippen LogP contribution in [0.1, 0.15) is 35.0 Å². The molecule has 1 aromatic heterocycles. The summed E-state index contributed by atoms with van der Waals surface area (Å²) in [6, 6.07) is 16.6. The number of hydrogen-bond donors (Lipinski definition) is 1. The van der Waals surface area contributed by atoms with Gasteiger partial charge in [0.2, 0.25) is 0 Å². The summed E-state index contributed by atoms with van der Waals surface area (Å²) in [5.74, 6) is 1.27. The highest BCUT2D eigenvalue weighted by Gasteiger charge is 2.27. The highest BCUT2D eigenvalue weighted by Crippen LogP contribution is 2.42. The van der Waals surface area contributed by atoms with E-state index >= 15 is 0 Å². The van der Waals surface area contributed by atoms with Crippen LogP contribution in [-0.2, 0) is 5.75 Å². The van der Waals surface area contributed by atoms with Gasteiger partial charge in [0.25, 0.3) is 5.91 Å². The Morgan fingerprint density at radius 1 is 1.24 bits per heavy atom. The number of carbonyl (C=O) groups excluding carboxylic acids is 1. The molecule has 1 N–H and O–H groups in total. The molecule has 0 atom stereocenters. The zero-order chi connectivity index (χ0) is 20.2. The highest BCUT2D eigenvalue weighted by atomic mass is 32.2. The fraction of sp³-hybridized carbons (Fsp3) is 0.304. The molecule has 2 heterocycles. The molecule has 6 heteroatoms. The molecule has 0 aliphatic carbocycles. The van der Waals surface area contributed by atoms with E-state index in [2.05, 4.69) is 59.6 Å². The predicted molar refractivity (Wildman–Crippen MR) is 118 cm³/mol. The lowest BCUT2D eigenvalue weighted by molar-refractivity contribution is 0.0944. The van der Waals surface area contributed by atoms with Crippen LogP contribution in [0.5, 0.6) is 0 Å². The minimum Gasteiger partial charge on any atom is -0.372 e. The summed E-state index contributed by atoms with van der Waals surface area (Å²) in [4.78, 5) is 16.2. The second-order valence-corrected chi connectivity index (χ2v) is 8.17. The maximum absolute atomic E-state index is 12.7. The lowest BCUT2D eigenvalue weighted by atomic mass is 10.1. The zero-order valence-electron chi connectivity index (χ0n) is 16.8. The molecule has 3 aromatic rings. The van der Waals surface area contributed by atoms with Gasteiger partial charge in [-0.3, -0.25) is 4.79 Å². The first kappa shape index (κ1) is 19.6. The Morgan fingerprint density at radius 2 is 2.10 bits per heavy atom. The number of nitrogens with zero attached hydrogens (tertiary/aromatic N) is 2. The van der Waals surface area contributed by atoms with Crippen molar-refractivity contribution in [1.82, 2.24) is 10.5 Å². The van der Waals surface area contributed by atoms with Crippen LogP contribution < -0.4 is 10.2 Å². The molecule has 0 bridgehead atoms. The topological polar surface area (TPSA) is 58.4 Å². The minimum atomic E-state index is -0.159. The van der Waals surface area contributed by atoms with E-state index in [1.165, 1.54) is 16.1 Å². The molecule has 150 valence electrons. The Morgan fingerprint density at radius 3 is 2.93 bits per heavy atom. The molecule has 0 radical (unpaired) electrons. The Hall–Kier alpha value is -2.73. The third-order valence-electron chi connectivity index (χ3n) is 5.15. The number of hydrogen-bond acceptors (Lipinski definition) is 5. The van der Waals surface area contributed by atoms with Crippen LogP contribution in [0.15, 0.2) is 57.9 Å². The van der Waals surface area contributed by atoms with E-state index in [4.69, 9.17) is 4.52 Å². The molecular weight excluding hydrogens is 382 g/mol. The van der Waals surface area contributed by atoms with Crippen molar-refractivity contribution in [3.8, 4) is 11.3 Å². The highest BCUT2D eigenvalue weighted by molar-refractivity contribution is 7.98. The summed E-state index contributed by atoms with van der Waals surface area (Å²) in [6.45, 7) is 6.68. The Labute approximate surface area is 175 Å². The second-order valence-electron chi connectivity index (χ2n) is 7.15. The van der Waals surface area contributed by atoms with Crippen LogP contribution in [0.25, 0.3) is 11.3 Å². The van der Waals surface area contributed by atoms with Gasteiger partial charge in [0.1, 0.15) is 0 Å². The van der Waals surface area contributed by atoms with Crippen molar-refractivity contribution in [2.75, 3.05) is 24.5 Å². The summed E-state index contributed by atoms with van der Waals surface area (Å²) in [5, 5.41) is 7.08. The molecule has 29 heavy (non-hydrogen) atoms. The van der Waals surface area contributed by atoms with E-state index in [1.54, 1.807) is 11.8 Å². The summed E-state index contributed by atoms with van der Waals surface area (Å²) in [5.41, 5.74) is 4.79. The van der Waals surface area contributed by atoms with Gasteiger partial charge in [-0.05, 0) is 50.1 Å². The van der Waals surface area contributed by atoms with Crippen LogP contribution in [-0.4, -0.2) is 30.7 Å². The summed E-state index contributed by atoms with van der Waals surface area (Å²) in [6.07, 6.45) is 0.866. The van der Waals surface area contributed by atoms with E-state index in [1.807, 2.05) is 18.2 Å². The molecule has 1 aliphatic heterocycles. The van der Waals surface area contributed by atoms with E-state index in [-0.39, 0.29) is 5.91 Å². The molecule has 0 spiro atoms. The average Bonchev–Trinajstić information content (AvgIpc) is 3.18. The molecule has 0 fully saturated rings. The number of fused-ring (bicyclic) bond motifs is 3. The van der Waals surface area contributed by atoms with Crippen LogP contribution >= 0.6 is 11.8 Å². The number of benzene rings is 2. The van der Waals surface area contributed by atoms with Crippen LogP contribution in [0.2, 0.25) is 0 Å². The van der Waals surface area contributed by atoms with Crippen molar-refractivity contribution in [2.24, 2.45) is 0 Å². The second kappa shape index (κ2) is 8.74. The van der Waals surface area contributed by atoms with Gasteiger partial charge in [0.15, 0.2) is 11.5 Å². The maximum Gasteiger partial charge on any atom is 0.273 e. The van der Waals surface area contributed by atoms with Crippen molar-refractivity contribution < 1.29 is 9.32 Å². The number of carbonyl (C=O) groups is 1. The van der Waals surface area contributed by atoms with Crippen molar-refractivity contribution in [1.29, 1.82) is 0 Å². The van der Waals surface area contributed by atoms with E-state index in [0.717, 1.165) is 36.4 Å². The first-order chi connectivity index (χ1) is 14.2. The first-order valence-electron chi connectivity index (χ1n) is 9.98. The van der Waals surface area contributed by atoms with Gasteiger partial charge in [-0.15, -0.1) is 11.8 Å². The van der Waals surface area contributed by atoms with Crippen LogP contribution in [0, 0.1) is 6.92 Å². The predicted octanol–water partition coefficient (Wildman–Crippen LogP) is 4.90. The average molecular weight is 408 g/mol. The van der Waals surface area contributed by atoms with Gasteiger partial charge in [-0.2, -0.15) is 0 Å². The molecule has 1 aliphatic rings. The molecule has 5 nitrogen and oxygen atoms in total. The molecule has 0 saturated carbocycles. The van der Waals surface area contributed by atoms with Gasteiger partial charge >= 0.3 is 0 Å². The van der Waals surface area contributed by atoms with E-state index in [9.17, 15) is 4.79 Å². The lowest BCUT2D eigenvalue weighted by Gasteiger charge is -2.23. The fourth-order valence-electron chi connectivity index (χ4n) is 3.61. The molecule has 0 saturated heterocycles. The van der Waals surface area contributed by atoms with Crippen molar-refractivity contribution >= 4 is 23.4 Å². The van der Waals surface area contributed by atoms with E-state index in [0.29, 0.717) is 18.0 Å². The van der Waals surface area contributed by atoms with Gasteiger partial charge in [0, 0.05) is 47.1 Å². The standard InChI is InChI=1S/C23H25N3O2S/c1-3-26(17-9-6-8-16(2)14-17)13-7-12-24-23(27)21-19-15-29-20-11-5-4-10-18(20)22(19)28-25-21/h4-6,8-11,14H,3,7,12-13,15H2,1-2H3,(H,24,27). The van der Waals surface area contributed by atoms with Gasteiger partial charge < -0.3 is 14.7 Å². The van der Waals surface area contributed by atoms with Gasteiger partial charge in [0.05, 0.1) is 0 Å². The Kier molecular flexibility index (Phi) is 5.90. The summed E-state index contributed by atoms with van der Waals surface area (Å²) < 4.78 is 5.53. The molecule has 0 unspecified atom stereocenters. The van der Waals surface area contributed by atoms with Crippen LogP contribution in [0.4, 0.5) is 5.69 Å². The monoisotopic (exact) mass is 407 g/mol. The Balaban J connectivity index is 1.35. The summed E-state index contributed by atoms with van der Waals surface area (Å²) in [7, 11) is 0. The lowest BCUT2D eigenvalue weighted by Crippen LogP contribution is -2.30. The van der Waals surface area contributed by atoms with Crippen molar-refractivity contribution in [3.63, 3.8) is 0 Å². The molecule has 2 aromatic carbocycles. The number of thioether (sulfide) groups is 1. The third kappa shape index (κ3) is 4.17. The van der Waals surface area contributed by atoms with Gasteiger partial charge in [-0.25, -0.2) is 0 Å². The first-order valence-corrected chi connectivity index (χ1v) is 11.0. The maximum atomic E-state index is 12.7. The largest absolute Gasteiger partial charge is 0.372 e. The Bertz CT molecular complexity index is 1010. The smallest absolute Gasteiger partial charge is 0.273 e. The van der Waals surface area contributed by atoms with Crippen molar-refractivity contribution in [2.45, 2.75) is 30.9 Å². The number of aryl methyl sites for hydroxylation is 1. The normalized spacial score (nSPS) is 12.2. The van der Waals surface area contributed by atoms with Gasteiger partial charge in [-0.1, -0.05) is 29.4 Å². The number of rotatable bonds is 7. The zero-order valence-corrected chi connectivity index (χ0v) is 17.6. The molecule has 4 rings (SSSR count). The number of anilines is 1. The van der Waals surface area contributed by atoms with Crippen LogP contribution in [0.3, 0.4) is 0 Å².